The lowest BCUT2D eigenvalue weighted by molar-refractivity contribution is 0.617. The highest BCUT2D eigenvalue weighted by molar-refractivity contribution is 6.31. The third kappa shape index (κ3) is 5.24. The largest absolute Gasteiger partial charge is 0.383 e. The minimum atomic E-state index is -0.328. The Balaban J connectivity index is 1.86. The van der Waals surface area contributed by atoms with Gasteiger partial charge in [-0.15, -0.1) is 0 Å². The molecule has 30 heavy (non-hydrogen) atoms. The maximum absolute atomic E-state index is 12.5. The number of hydrogen-bond donors (Lipinski definition) is 4. The number of halogens is 1. The van der Waals surface area contributed by atoms with Gasteiger partial charge in [0.25, 0.3) is 5.56 Å². The number of nitrogens with zero attached hydrogens (tertiary/aromatic N) is 2. The molecule has 8 heteroatoms. The summed E-state index contributed by atoms with van der Waals surface area (Å²) in [5.74, 6) is 0.847. The summed E-state index contributed by atoms with van der Waals surface area (Å²) < 4.78 is 0. The van der Waals surface area contributed by atoms with Crippen LogP contribution in [0.5, 0.6) is 0 Å². The van der Waals surface area contributed by atoms with E-state index in [-0.39, 0.29) is 11.6 Å². The zero-order valence-electron chi connectivity index (χ0n) is 17.2. The third-order valence-corrected chi connectivity index (χ3v) is 4.76. The average molecular weight is 425 g/mol. The van der Waals surface area contributed by atoms with Gasteiger partial charge in [-0.25, -0.2) is 9.97 Å². The van der Waals surface area contributed by atoms with Gasteiger partial charge in [0.05, 0.1) is 17.4 Å². The second-order valence-electron chi connectivity index (χ2n) is 7.44. The maximum atomic E-state index is 12.5. The van der Waals surface area contributed by atoms with Crippen LogP contribution in [0, 0.1) is 11.3 Å². The Morgan fingerprint density at radius 2 is 2.07 bits per heavy atom. The number of benzene rings is 1. The van der Waals surface area contributed by atoms with Crippen molar-refractivity contribution in [3.8, 4) is 0 Å². The van der Waals surface area contributed by atoms with Crippen LogP contribution in [0.4, 0.5) is 5.95 Å². The van der Waals surface area contributed by atoms with Crippen molar-refractivity contribution in [3.05, 3.63) is 69.2 Å². The van der Waals surface area contributed by atoms with E-state index in [0.29, 0.717) is 28.1 Å². The Morgan fingerprint density at radius 3 is 2.80 bits per heavy atom. The molecule has 7 nitrogen and oxygen atoms in total. The van der Waals surface area contributed by atoms with Crippen molar-refractivity contribution in [2.75, 3.05) is 11.9 Å². The van der Waals surface area contributed by atoms with E-state index in [9.17, 15) is 4.79 Å². The molecule has 0 aliphatic heterocycles. The van der Waals surface area contributed by atoms with Crippen LogP contribution in [0.15, 0.2) is 47.4 Å². The second-order valence-corrected chi connectivity index (χ2v) is 7.88. The number of anilines is 1. The van der Waals surface area contributed by atoms with Crippen LogP contribution in [-0.4, -0.2) is 27.7 Å². The fourth-order valence-electron chi connectivity index (χ4n) is 3.00. The molecule has 3 rings (SSSR count). The first kappa shape index (κ1) is 21.5. The smallest absolute Gasteiger partial charge is 0.253 e. The van der Waals surface area contributed by atoms with Gasteiger partial charge in [-0.3, -0.25) is 4.79 Å². The molecule has 1 atom stereocenters. The van der Waals surface area contributed by atoms with Crippen molar-refractivity contribution in [3.63, 3.8) is 0 Å². The zero-order valence-corrected chi connectivity index (χ0v) is 17.9. The van der Waals surface area contributed by atoms with Crippen LogP contribution < -0.4 is 16.2 Å². The van der Waals surface area contributed by atoms with Gasteiger partial charge in [0.15, 0.2) is 0 Å². The van der Waals surface area contributed by atoms with E-state index in [1.54, 1.807) is 30.5 Å². The summed E-state index contributed by atoms with van der Waals surface area (Å²) in [5.41, 5.74) is 2.53. The number of rotatable bonds is 8. The van der Waals surface area contributed by atoms with Crippen molar-refractivity contribution < 1.29 is 0 Å². The van der Waals surface area contributed by atoms with Crippen LogP contribution in [0.3, 0.4) is 0 Å². The number of pyridine rings is 1. The highest BCUT2D eigenvalue weighted by atomic mass is 35.5. The Kier molecular flexibility index (Phi) is 6.84. The number of aromatic nitrogens is 3. The number of hydrogen-bond acceptors (Lipinski definition) is 6. The first-order chi connectivity index (χ1) is 14.4. The lowest BCUT2D eigenvalue weighted by Gasteiger charge is -2.16. The molecule has 0 bridgehead atoms. The number of fused-ring (bicyclic) bond motifs is 1. The van der Waals surface area contributed by atoms with Crippen molar-refractivity contribution in [2.24, 2.45) is 5.92 Å². The van der Waals surface area contributed by atoms with Crippen molar-refractivity contribution in [1.82, 2.24) is 20.3 Å². The van der Waals surface area contributed by atoms with Crippen molar-refractivity contribution >= 4 is 40.4 Å². The van der Waals surface area contributed by atoms with Gasteiger partial charge >= 0.3 is 0 Å². The zero-order chi connectivity index (χ0) is 21.7. The van der Waals surface area contributed by atoms with Crippen LogP contribution in [0.2, 0.25) is 5.02 Å². The first-order valence-electron chi connectivity index (χ1n) is 9.74. The van der Waals surface area contributed by atoms with E-state index < -0.39 is 0 Å². The highest BCUT2D eigenvalue weighted by Gasteiger charge is 2.14. The van der Waals surface area contributed by atoms with E-state index in [1.165, 1.54) is 6.21 Å². The minimum Gasteiger partial charge on any atom is -0.383 e. The summed E-state index contributed by atoms with van der Waals surface area (Å²) >= 11 is 6.08. The molecule has 2 aromatic heterocycles. The number of allylic oxidation sites excluding steroid dienone is 1. The van der Waals surface area contributed by atoms with Gasteiger partial charge in [0, 0.05) is 40.4 Å². The SMILES string of the molecule is CC(C)CN/C(=C\C=N)c1ccnc(N[C@@H](C)c2cc3cc(Cl)ccc3[nH]c2=O)n1. The van der Waals surface area contributed by atoms with Gasteiger partial charge < -0.3 is 21.0 Å². The minimum absolute atomic E-state index is 0.177. The van der Waals surface area contributed by atoms with E-state index >= 15 is 0 Å². The van der Waals surface area contributed by atoms with E-state index in [2.05, 4.69) is 39.4 Å². The number of nitrogens with one attached hydrogen (secondary N) is 4. The molecule has 4 N–H and O–H groups in total. The molecular formula is C22H25ClN6O. The Hall–Kier alpha value is -3.19. The van der Waals surface area contributed by atoms with Gasteiger partial charge in [-0.2, -0.15) is 0 Å². The monoisotopic (exact) mass is 424 g/mol. The Morgan fingerprint density at radius 1 is 1.27 bits per heavy atom. The number of H-pyrrole nitrogens is 1. The number of aromatic amines is 1. The molecule has 1 aromatic carbocycles. The van der Waals surface area contributed by atoms with Crippen LogP contribution in [0.1, 0.15) is 38.1 Å². The lowest BCUT2D eigenvalue weighted by Crippen LogP contribution is -2.21. The molecule has 0 aliphatic carbocycles. The molecule has 0 aliphatic rings. The molecule has 0 amide bonds. The maximum Gasteiger partial charge on any atom is 0.253 e. The summed E-state index contributed by atoms with van der Waals surface area (Å²) in [6.45, 7) is 6.86. The summed E-state index contributed by atoms with van der Waals surface area (Å²) in [7, 11) is 0. The van der Waals surface area contributed by atoms with Crippen molar-refractivity contribution in [1.29, 1.82) is 5.41 Å². The molecule has 0 unspecified atom stereocenters. The molecule has 0 fully saturated rings. The fourth-order valence-corrected chi connectivity index (χ4v) is 3.18. The molecule has 156 valence electrons. The second kappa shape index (κ2) is 9.54. The quantitative estimate of drug-likeness (QED) is 0.401. The molecule has 0 spiro atoms. The summed E-state index contributed by atoms with van der Waals surface area (Å²) in [5, 5.41) is 15.4. The van der Waals surface area contributed by atoms with Crippen LogP contribution >= 0.6 is 11.6 Å². The normalized spacial score (nSPS) is 12.8. The van der Waals surface area contributed by atoms with E-state index in [0.717, 1.165) is 23.1 Å². The topological polar surface area (TPSA) is 107 Å². The first-order valence-corrected chi connectivity index (χ1v) is 10.1. The third-order valence-electron chi connectivity index (χ3n) is 4.53. The standard InChI is InChI=1S/C22H25ClN6O/c1-13(2)12-26-19(6-8-24)20-7-9-25-22(29-20)27-14(3)17-11-15-10-16(23)4-5-18(15)28-21(17)30/h4-11,13-14,24,26H,12H2,1-3H3,(H,28,30)(H,25,27,29)/b19-6-,24-8?/t14-/m0/s1. The molecule has 2 heterocycles. The van der Waals surface area contributed by atoms with E-state index in [1.807, 2.05) is 19.1 Å². The fraction of sp³-hybridized carbons (Fsp3) is 0.273. The molecule has 0 radical (unpaired) electrons. The van der Waals surface area contributed by atoms with Crippen LogP contribution in [0.25, 0.3) is 16.6 Å². The van der Waals surface area contributed by atoms with Gasteiger partial charge in [-0.05, 0) is 49.2 Å². The van der Waals surface area contributed by atoms with Gasteiger partial charge in [0.2, 0.25) is 5.95 Å². The van der Waals surface area contributed by atoms with Crippen LogP contribution in [-0.2, 0) is 0 Å². The highest BCUT2D eigenvalue weighted by Crippen LogP contribution is 2.21. The Bertz CT molecular complexity index is 1140. The lowest BCUT2D eigenvalue weighted by atomic mass is 10.1. The van der Waals surface area contributed by atoms with Crippen molar-refractivity contribution in [2.45, 2.75) is 26.8 Å². The predicted molar refractivity (Wildman–Crippen MR) is 123 cm³/mol. The summed E-state index contributed by atoms with van der Waals surface area (Å²) in [6.07, 6.45) is 4.53. The average Bonchev–Trinajstić information content (AvgIpc) is 2.71. The Labute approximate surface area is 180 Å². The molecule has 0 saturated carbocycles. The van der Waals surface area contributed by atoms with Gasteiger partial charge in [-0.1, -0.05) is 25.4 Å². The summed E-state index contributed by atoms with van der Waals surface area (Å²) in [6, 6.07) is 8.62. The molecular weight excluding hydrogens is 400 g/mol. The molecule has 0 saturated heterocycles. The molecule has 3 aromatic rings. The van der Waals surface area contributed by atoms with Gasteiger partial charge in [0.1, 0.15) is 0 Å². The summed E-state index contributed by atoms with van der Waals surface area (Å²) in [4.78, 5) is 24.3. The van der Waals surface area contributed by atoms with E-state index in [4.69, 9.17) is 17.0 Å². The predicted octanol–water partition coefficient (Wildman–Crippen LogP) is 4.38.